The summed E-state index contributed by atoms with van der Waals surface area (Å²) in [5, 5.41) is 3.52. The number of nitrogens with one attached hydrogen (secondary N) is 1. The van der Waals surface area contributed by atoms with Crippen LogP contribution < -0.4 is 5.32 Å². The van der Waals surface area contributed by atoms with Crippen LogP contribution in [0.3, 0.4) is 0 Å². The lowest BCUT2D eigenvalue weighted by Crippen LogP contribution is -2.48. The van der Waals surface area contributed by atoms with Crippen LogP contribution in [0, 0.1) is 12.8 Å². The van der Waals surface area contributed by atoms with E-state index in [4.69, 9.17) is 0 Å². The highest BCUT2D eigenvalue weighted by molar-refractivity contribution is 5.62. The number of hydrogen-bond donors (Lipinski definition) is 1. The van der Waals surface area contributed by atoms with Crippen molar-refractivity contribution in [2.45, 2.75) is 46.2 Å². The van der Waals surface area contributed by atoms with E-state index in [1.165, 1.54) is 18.5 Å². The minimum atomic E-state index is 0.418. The smallest absolute Gasteiger partial charge is 0.222 e. The Labute approximate surface area is 145 Å². The van der Waals surface area contributed by atoms with Gasteiger partial charge in [0.25, 0.3) is 0 Å². The van der Waals surface area contributed by atoms with Crippen molar-refractivity contribution in [2.75, 3.05) is 18.4 Å². The molecule has 128 valence electrons. The third kappa shape index (κ3) is 4.12. The lowest BCUT2D eigenvalue weighted by Gasteiger charge is -2.39. The Morgan fingerprint density at radius 2 is 1.71 bits per heavy atom. The second kappa shape index (κ2) is 7.31. The molecule has 0 spiro atoms. The SMILES string of the molecule is Cc1ccc(-c2cnc(NC3CC(C)CN(C(C)C)C3)nc2)cc1. The van der Waals surface area contributed by atoms with Crippen molar-refractivity contribution in [2.24, 2.45) is 5.92 Å². The molecule has 4 nitrogen and oxygen atoms in total. The first kappa shape index (κ1) is 16.9. The maximum absolute atomic E-state index is 4.53. The van der Waals surface area contributed by atoms with E-state index in [9.17, 15) is 0 Å². The minimum Gasteiger partial charge on any atom is -0.350 e. The number of benzene rings is 1. The van der Waals surface area contributed by atoms with Crippen LogP contribution in [-0.2, 0) is 0 Å². The van der Waals surface area contributed by atoms with Gasteiger partial charge in [-0.1, -0.05) is 36.8 Å². The highest BCUT2D eigenvalue weighted by Gasteiger charge is 2.26. The van der Waals surface area contributed by atoms with E-state index in [-0.39, 0.29) is 0 Å². The quantitative estimate of drug-likeness (QED) is 0.923. The molecule has 1 aliphatic heterocycles. The Bertz CT molecular complexity index is 648. The van der Waals surface area contributed by atoms with E-state index in [0.29, 0.717) is 18.0 Å². The number of aryl methyl sites for hydroxylation is 1. The molecule has 1 N–H and O–H groups in total. The van der Waals surface area contributed by atoms with E-state index in [1.807, 2.05) is 12.4 Å². The first-order valence-electron chi connectivity index (χ1n) is 8.91. The van der Waals surface area contributed by atoms with Crippen molar-refractivity contribution in [3.63, 3.8) is 0 Å². The van der Waals surface area contributed by atoms with Crippen LogP contribution in [0.15, 0.2) is 36.7 Å². The highest BCUT2D eigenvalue weighted by Crippen LogP contribution is 2.22. The topological polar surface area (TPSA) is 41.1 Å². The monoisotopic (exact) mass is 324 g/mol. The van der Waals surface area contributed by atoms with Crippen LogP contribution in [0.25, 0.3) is 11.1 Å². The first-order valence-corrected chi connectivity index (χ1v) is 8.91. The molecule has 1 aromatic heterocycles. The van der Waals surface area contributed by atoms with Gasteiger partial charge in [-0.2, -0.15) is 0 Å². The van der Waals surface area contributed by atoms with Crippen LogP contribution >= 0.6 is 0 Å². The fourth-order valence-corrected chi connectivity index (χ4v) is 3.40. The van der Waals surface area contributed by atoms with Crippen molar-refractivity contribution in [1.82, 2.24) is 14.9 Å². The molecule has 1 saturated heterocycles. The molecule has 2 heterocycles. The van der Waals surface area contributed by atoms with Gasteiger partial charge in [-0.3, -0.25) is 4.90 Å². The predicted octanol–water partition coefficient (Wildman–Crippen LogP) is 3.98. The summed E-state index contributed by atoms with van der Waals surface area (Å²) in [6, 6.07) is 9.47. The number of likely N-dealkylation sites (tertiary alicyclic amines) is 1. The number of nitrogens with zero attached hydrogens (tertiary/aromatic N) is 3. The zero-order valence-corrected chi connectivity index (χ0v) is 15.2. The lowest BCUT2D eigenvalue weighted by atomic mass is 9.95. The summed E-state index contributed by atoms with van der Waals surface area (Å²) in [5.41, 5.74) is 3.48. The summed E-state index contributed by atoms with van der Waals surface area (Å²) >= 11 is 0. The Morgan fingerprint density at radius 1 is 1.04 bits per heavy atom. The van der Waals surface area contributed by atoms with Gasteiger partial charge in [0.2, 0.25) is 5.95 Å². The lowest BCUT2D eigenvalue weighted by molar-refractivity contribution is 0.137. The molecular formula is C20H28N4. The summed E-state index contributed by atoms with van der Waals surface area (Å²) < 4.78 is 0. The molecule has 4 heteroatoms. The number of piperidine rings is 1. The number of aromatic nitrogens is 2. The Hall–Kier alpha value is -1.94. The summed E-state index contributed by atoms with van der Waals surface area (Å²) in [7, 11) is 0. The Balaban J connectivity index is 1.66. The highest BCUT2D eigenvalue weighted by atomic mass is 15.2. The number of hydrogen-bond acceptors (Lipinski definition) is 4. The number of anilines is 1. The van der Waals surface area contributed by atoms with E-state index in [2.05, 4.69) is 72.1 Å². The third-order valence-electron chi connectivity index (χ3n) is 4.79. The van der Waals surface area contributed by atoms with Crippen LogP contribution in [-0.4, -0.2) is 40.0 Å². The average molecular weight is 324 g/mol. The van der Waals surface area contributed by atoms with E-state index in [1.54, 1.807) is 0 Å². The molecule has 3 rings (SSSR count). The fraction of sp³-hybridized carbons (Fsp3) is 0.500. The zero-order chi connectivity index (χ0) is 17.1. The van der Waals surface area contributed by atoms with Gasteiger partial charge in [0.15, 0.2) is 0 Å². The maximum atomic E-state index is 4.53. The minimum absolute atomic E-state index is 0.418. The van der Waals surface area contributed by atoms with Crippen molar-refractivity contribution in [1.29, 1.82) is 0 Å². The molecule has 2 aromatic rings. The standard InChI is InChI=1S/C20H28N4/c1-14(2)24-12-16(4)9-19(13-24)23-20-21-10-18(11-22-20)17-7-5-15(3)6-8-17/h5-8,10-11,14,16,19H,9,12-13H2,1-4H3,(H,21,22,23). The van der Waals surface area contributed by atoms with Gasteiger partial charge in [-0.05, 0) is 38.7 Å². The first-order chi connectivity index (χ1) is 11.5. The molecule has 2 unspecified atom stereocenters. The normalized spacial score (nSPS) is 21.9. The molecule has 1 fully saturated rings. The van der Waals surface area contributed by atoms with Gasteiger partial charge in [0.05, 0.1) is 0 Å². The van der Waals surface area contributed by atoms with Crippen molar-refractivity contribution < 1.29 is 0 Å². The fourth-order valence-electron chi connectivity index (χ4n) is 3.40. The summed E-state index contributed by atoms with van der Waals surface area (Å²) in [5.74, 6) is 1.43. The molecular weight excluding hydrogens is 296 g/mol. The van der Waals surface area contributed by atoms with Crippen molar-refractivity contribution in [3.8, 4) is 11.1 Å². The van der Waals surface area contributed by atoms with Gasteiger partial charge in [-0.25, -0.2) is 9.97 Å². The Morgan fingerprint density at radius 3 is 2.33 bits per heavy atom. The Kier molecular flexibility index (Phi) is 5.14. The van der Waals surface area contributed by atoms with Crippen LogP contribution in [0.5, 0.6) is 0 Å². The van der Waals surface area contributed by atoms with Gasteiger partial charge < -0.3 is 5.32 Å². The summed E-state index contributed by atoms with van der Waals surface area (Å²) in [6.07, 6.45) is 4.99. The van der Waals surface area contributed by atoms with E-state index in [0.717, 1.165) is 23.6 Å². The molecule has 0 radical (unpaired) electrons. The van der Waals surface area contributed by atoms with Crippen LogP contribution in [0.2, 0.25) is 0 Å². The second-order valence-corrected chi connectivity index (χ2v) is 7.39. The van der Waals surface area contributed by atoms with Gasteiger partial charge in [0.1, 0.15) is 0 Å². The molecule has 0 saturated carbocycles. The van der Waals surface area contributed by atoms with Gasteiger partial charge in [-0.15, -0.1) is 0 Å². The van der Waals surface area contributed by atoms with Gasteiger partial charge >= 0.3 is 0 Å². The molecule has 0 aliphatic carbocycles. The van der Waals surface area contributed by atoms with E-state index < -0.39 is 0 Å². The average Bonchev–Trinajstić information content (AvgIpc) is 2.56. The maximum Gasteiger partial charge on any atom is 0.222 e. The predicted molar refractivity (Wildman–Crippen MR) is 100 cm³/mol. The molecule has 0 bridgehead atoms. The third-order valence-corrected chi connectivity index (χ3v) is 4.79. The van der Waals surface area contributed by atoms with Crippen molar-refractivity contribution in [3.05, 3.63) is 42.2 Å². The second-order valence-electron chi connectivity index (χ2n) is 7.39. The molecule has 1 aliphatic rings. The number of rotatable bonds is 4. The largest absolute Gasteiger partial charge is 0.350 e. The van der Waals surface area contributed by atoms with Crippen LogP contribution in [0.1, 0.15) is 32.8 Å². The molecule has 2 atom stereocenters. The molecule has 1 aromatic carbocycles. The molecule has 24 heavy (non-hydrogen) atoms. The summed E-state index contributed by atoms with van der Waals surface area (Å²) in [4.78, 5) is 11.6. The van der Waals surface area contributed by atoms with Crippen LogP contribution in [0.4, 0.5) is 5.95 Å². The van der Waals surface area contributed by atoms with E-state index >= 15 is 0 Å². The van der Waals surface area contributed by atoms with Gasteiger partial charge in [0, 0.05) is 43.1 Å². The summed E-state index contributed by atoms with van der Waals surface area (Å²) in [6.45, 7) is 11.2. The van der Waals surface area contributed by atoms with Crippen molar-refractivity contribution >= 4 is 5.95 Å². The molecule has 0 amide bonds. The zero-order valence-electron chi connectivity index (χ0n) is 15.2.